The van der Waals surface area contributed by atoms with Crippen molar-refractivity contribution in [1.29, 1.82) is 0 Å². The molecule has 17 heavy (non-hydrogen) atoms. The van der Waals surface area contributed by atoms with E-state index in [-0.39, 0.29) is 5.91 Å². The first-order chi connectivity index (χ1) is 8.19. The molecule has 0 aliphatic carbocycles. The van der Waals surface area contributed by atoms with Crippen molar-refractivity contribution < 1.29 is 4.79 Å². The summed E-state index contributed by atoms with van der Waals surface area (Å²) in [5, 5.41) is 3.09. The average Bonchev–Trinajstić information content (AvgIpc) is 2.36. The van der Waals surface area contributed by atoms with Crippen molar-refractivity contribution in [2.45, 2.75) is 6.54 Å². The van der Waals surface area contributed by atoms with E-state index in [1.54, 1.807) is 6.07 Å². The van der Waals surface area contributed by atoms with Gasteiger partial charge in [0.25, 0.3) is 5.91 Å². The molecule has 0 bridgehead atoms. The Kier molecular flexibility index (Phi) is 5.62. The van der Waals surface area contributed by atoms with Crippen LogP contribution in [0.4, 0.5) is 0 Å². The van der Waals surface area contributed by atoms with Gasteiger partial charge >= 0.3 is 0 Å². The third-order valence-electron chi connectivity index (χ3n) is 2.58. The number of rotatable bonds is 6. The monoisotopic (exact) mass is 236 g/mol. The van der Waals surface area contributed by atoms with E-state index in [4.69, 9.17) is 5.84 Å². The molecular weight excluding hydrogens is 216 g/mol. The Morgan fingerprint density at radius 3 is 2.76 bits per heavy atom. The maximum Gasteiger partial charge on any atom is 0.265 e. The third kappa shape index (κ3) is 4.14. The standard InChI is InChI=1S/C12H20N4O/c1-14-7-8-16(2)9-10-5-3-4-6-11(10)12(17)15-13/h3-6,14H,7-9,13H2,1-2H3,(H,15,17). The van der Waals surface area contributed by atoms with Crippen LogP contribution in [0.2, 0.25) is 0 Å². The lowest BCUT2D eigenvalue weighted by Crippen LogP contribution is -2.32. The molecule has 4 N–H and O–H groups in total. The minimum absolute atomic E-state index is 0.248. The Bertz CT molecular complexity index is 367. The first-order valence-electron chi connectivity index (χ1n) is 5.61. The Balaban J connectivity index is 2.73. The molecule has 0 spiro atoms. The van der Waals surface area contributed by atoms with Gasteiger partial charge in [-0.05, 0) is 25.7 Å². The minimum atomic E-state index is -0.248. The largest absolute Gasteiger partial charge is 0.318 e. The number of hydrogen-bond donors (Lipinski definition) is 3. The van der Waals surface area contributed by atoms with Crippen molar-refractivity contribution in [2.24, 2.45) is 5.84 Å². The molecule has 0 fully saturated rings. The molecular formula is C12H20N4O. The van der Waals surface area contributed by atoms with Crippen LogP contribution < -0.4 is 16.6 Å². The molecule has 0 aliphatic rings. The summed E-state index contributed by atoms with van der Waals surface area (Å²) in [6.07, 6.45) is 0. The molecule has 5 heteroatoms. The molecule has 0 saturated heterocycles. The lowest BCUT2D eigenvalue weighted by Gasteiger charge is -2.18. The topological polar surface area (TPSA) is 70.4 Å². The van der Waals surface area contributed by atoms with Crippen LogP contribution in [0.5, 0.6) is 0 Å². The van der Waals surface area contributed by atoms with Gasteiger partial charge in [0, 0.05) is 25.2 Å². The third-order valence-corrected chi connectivity index (χ3v) is 2.58. The van der Waals surface area contributed by atoms with Gasteiger partial charge in [0.15, 0.2) is 0 Å². The number of nitrogens with zero attached hydrogens (tertiary/aromatic N) is 1. The molecule has 1 rings (SSSR count). The van der Waals surface area contributed by atoms with Crippen LogP contribution in [0.3, 0.4) is 0 Å². The zero-order chi connectivity index (χ0) is 12.7. The van der Waals surface area contributed by atoms with Crippen molar-refractivity contribution in [1.82, 2.24) is 15.6 Å². The van der Waals surface area contributed by atoms with Gasteiger partial charge in [-0.2, -0.15) is 0 Å². The summed E-state index contributed by atoms with van der Waals surface area (Å²) in [6.45, 7) is 2.57. The van der Waals surface area contributed by atoms with Crippen molar-refractivity contribution in [3.05, 3.63) is 35.4 Å². The highest BCUT2D eigenvalue weighted by Gasteiger charge is 2.10. The van der Waals surface area contributed by atoms with Gasteiger partial charge in [0.1, 0.15) is 0 Å². The molecule has 0 unspecified atom stereocenters. The lowest BCUT2D eigenvalue weighted by molar-refractivity contribution is 0.0952. The summed E-state index contributed by atoms with van der Waals surface area (Å²) in [4.78, 5) is 13.7. The number of amides is 1. The number of carbonyl (C=O) groups is 1. The number of likely N-dealkylation sites (N-methyl/N-ethyl adjacent to an activating group) is 2. The first kappa shape index (κ1) is 13.6. The van der Waals surface area contributed by atoms with Crippen molar-refractivity contribution in [3.63, 3.8) is 0 Å². The highest BCUT2D eigenvalue weighted by Crippen LogP contribution is 2.10. The maximum absolute atomic E-state index is 11.6. The van der Waals surface area contributed by atoms with E-state index in [2.05, 4.69) is 15.6 Å². The molecule has 0 saturated carbocycles. The molecule has 5 nitrogen and oxygen atoms in total. The van der Waals surface area contributed by atoms with E-state index in [0.29, 0.717) is 5.56 Å². The van der Waals surface area contributed by atoms with Gasteiger partial charge < -0.3 is 10.2 Å². The number of hydrazine groups is 1. The van der Waals surface area contributed by atoms with E-state index in [1.807, 2.05) is 32.3 Å². The number of hydrogen-bond acceptors (Lipinski definition) is 4. The van der Waals surface area contributed by atoms with Crippen molar-refractivity contribution in [3.8, 4) is 0 Å². The summed E-state index contributed by atoms with van der Waals surface area (Å²) >= 11 is 0. The molecule has 94 valence electrons. The molecule has 0 aliphatic heterocycles. The average molecular weight is 236 g/mol. The quantitative estimate of drug-likeness (QED) is 0.368. The van der Waals surface area contributed by atoms with E-state index in [1.165, 1.54) is 0 Å². The van der Waals surface area contributed by atoms with E-state index < -0.39 is 0 Å². The Morgan fingerprint density at radius 2 is 2.12 bits per heavy atom. The van der Waals surface area contributed by atoms with E-state index in [9.17, 15) is 4.79 Å². The normalized spacial score (nSPS) is 10.6. The van der Waals surface area contributed by atoms with Crippen LogP contribution in [-0.4, -0.2) is 38.0 Å². The van der Waals surface area contributed by atoms with Gasteiger partial charge in [-0.1, -0.05) is 18.2 Å². The Hall–Kier alpha value is -1.43. The fourth-order valence-electron chi connectivity index (χ4n) is 1.63. The highest BCUT2D eigenvalue weighted by molar-refractivity contribution is 5.95. The van der Waals surface area contributed by atoms with Gasteiger partial charge in [0.05, 0.1) is 0 Å². The van der Waals surface area contributed by atoms with E-state index in [0.717, 1.165) is 25.2 Å². The van der Waals surface area contributed by atoms with Crippen molar-refractivity contribution in [2.75, 3.05) is 27.2 Å². The molecule has 1 aromatic rings. The predicted octanol–water partition coefficient (Wildman–Crippen LogP) is -0.0587. The fourth-order valence-corrected chi connectivity index (χ4v) is 1.63. The highest BCUT2D eigenvalue weighted by atomic mass is 16.2. The number of carbonyl (C=O) groups excluding carboxylic acids is 1. The number of benzene rings is 1. The van der Waals surface area contributed by atoms with Gasteiger partial charge in [-0.25, -0.2) is 5.84 Å². The second-order valence-corrected chi connectivity index (χ2v) is 3.97. The van der Waals surface area contributed by atoms with Crippen LogP contribution in [0, 0.1) is 0 Å². The second kappa shape index (κ2) is 7.01. The van der Waals surface area contributed by atoms with E-state index >= 15 is 0 Å². The molecule has 0 heterocycles. The van der Waals surface area contributed by atoms with Crippen molar-refractivity contribution >= 4 is 5.91 Å². The summed E-state index contributed by atoms with van der Waals surface area (Å²) in [5.41, 5.74) is 3.78. The molecule has 0 radical (unpaired) electrons. The zero-order valence-corrected chi connectivity index (χ0v) is 10.4. The number of nitrogen functional groups attached to an aromatic ring is 1. The predicted molar refractivity (Wildman–Crippen MR) is 68.4 cm³/mol. The Morgan fingerprint density at radius 1 is 1.41 bits per heavy atom. The number of nitrogens with two attached hydrogens (primary N) is 1. The summed E-state index contributed by atoms with van der Waals surface area (Å²) < 4.78 is 0. The van der Waals surface area contributed by atoms with Gasteiger partial charge in [-0.3, -0.25) is 10.2 Å². The smallest absolute Gasteiger partial charge is 0.265 e. The SMILES string of the molecule is CNCCN(C)Cc1ccccc1C(=O)NN. The summed E-state index contributed by atoms with van der Waals surface area (Å²) in [5.74, 6) is 4.91. The van der Waals surface area contributed by atoms with Gasteiger partial charge in [0.2, 0.25) is 0 Å². The van der Waals surface area contributed by atoms with Crippen LogP contribution in [-0.2, 0) is 6.54 Å². The molecule has 1 amide bonds. The first-order valence-corrected chi connectivity index (χ1v) is 5.61. The summed E-state index contributed by atoms with van der Waals surface area (Å²) in [6, 6.07) is 7.49. The van der Waals surface area contributed by atoms with Crippen LogP contribution >= 0.6 is 0 Å². The number of nitrogens with one attached hydrogen (secondary N) is 2. The zero-order valence-electron chi connectivity index (χ0n) is 10.4. The van der Waals surface area contributed by atoms with Crippen LogP contribution in [0.25, 0.3) is 0 Å². The summed E-state index contributed by atoms with van der Waals surface area (Å²) in [7, 11) is 3.94. The fraction of sp³-hybridized carbons (Fsp3) is 0.417. The molecule has 0 aromatic heterocycles. The minimum Gasteiger partial charge on any atom is -0.318 e. The van der Waals surface area contributed by atoms with Crippen LogP contribution in [0.1, 0.15) is 15.9 Å². The van der Waals surface area contributed by atoms with Gasteiger partial charge in [-0.15, -0.1) is 0 Å². The Labute approximate surface area is 102 Å². The lowest BCUT2D eigenvalue weighted by atomic mass is 10.1. The molecule has 0 atom stereocenters. The maximum atomic E-state index is 11.6. The van der Waals surface area contributed by atoms with Crippen LogP contribution in [0.15, 0.2) is 24.3 Å². The second-order valence-electron chi connectivity index (χ2n) is 3.97. The molecule has 1 aromatic carbocycles.